The third-order valence-electron chi connectivity index (χ3n) is 3.68. The van der Waals surface area contributed by atoms with Crippen LogP contribution in [0.15, 0.2) is 0 Å². The van der Waals surface area contributed by atoms with Gasteiger partial charge in [0.05, 0.1) is 19.3 Å². The zero-order valence-electron chi connectivity index (χ0n) is 26.2. The zero-order chi connectivity index (χ0) is 27.4. The summed E-state index contributed by atoms with van der Waals surface area (Å²) in [5.74, 6) is 0. The molecular formula is C29H66O4. The molecule has 0 saturated heterocycles. The molecule has 33 heavy (non-hydrogen) atoms. The van der Waals surface area contributed by atoms with Crippen molar-refractivity contribution >= 4 is 0 Å². The SMILES string of the molecule is CC(C)OCC(C)(C)C.CCOCCC(C)(C)C.COCC(C)(C)C.COCCC(C)(C)C. The Labute approximate surface area is 210 Å². The molecular weight excluding hydrogens is 412 g/mol. The first-order valence-corrected chi connectivity index (χ1v) is 12.8. The van der Waals surface area contributed by atoms with E-state index in [0.29, 0.717) is 27.8 Å². The monoisotopic (exact) mass is 478 g/mol. The Balaban J connectivity index is -0.000000171. The molecule has 0 radical (unpaired) electrons. The molecule has 0 aromatic carbocycles. The van der Waals surface area contributed by atoms with E-state index in [1.54, 1.807) is 14.2 Å². The summed E-state index contributed by atoms with van der Waals surface area (Å²) in [5, 5.41) is 0. The van der Waals surface area contributed by atoms with Crippen molar-refractivity contribution in [1.29, 1.82) is 0 Å². The molecule has 0 N–H and O–H groups in total. The quantitative estimate of drug-likeness (QED) is 0.327. The Kier molecular flexibility index (Phi) is 25.7. The predicted octanol–water partition coefficient (Wildman–Crippen LogP) is 8.66. The molecule has 0 fully saturated rings. The standard InChI is InChI=1S/2C8H18O.C7H16O.C6H14O/c1-7(2)9-6-8(3,4)5;1-5-9-7-6-8(2,3)4;1-7(2,3)5-6-8-4;1-6(2,3)5-7-4/h7H,6H2,1-5H3;5-7H2,1-4H3;5-6H2,1-4H3;5H2,1-4H3. The van der Waals surface area contributed by atoms with E-state index in [2.05, 4.69) is 96.9 Å². The molecule has 0 aliphatic carbocycles. The average Bonchev–Trinajstić information content (AvgIpc) is 2.57. The lowest BCUT2D eigenvalue weighted by Crippen LogP contribution is -2.17. The van der Waals surface area contributed by atoms with Crippen molar-refractivity contribution in [2.45, 2.75) is 123 Å². The van der Waals surface area contributed by atoms with E-state index >= 15 is 0 Å². The summed E-state index contributed by atoms with van der Waals surface area (Å²) in [5.41, 5.74) is 1.49. The second-order valence-electron chi connectivity index (χ2n) is 13.7. The zero-order valence-corrected chi connectivity index (χ0v) is 26.2. The molecule has 0 saturated carbocycles. The van der Waals surface area contributed by atoms with Crippen molar-refractivity contribution < 1.29 is 18.9 Å². The first kappa shape index (κ1) is 40.0. The van der Waals surface area contributed by atoms with E-state index in [9.17, 15) is 0 Å². The maximum absolute atomic E-state index is 5.41. The van der Waals surface area contributed by atoms with Gasteiger partial charge in [0.25, 0.3) is 0 Å². The third kappa shape index (κ3) is 65.3. The first-order chi connectivity index (χ1) is 14.6. The summed E-state index contributed by atoms with van der Waals surface area (Å²) in [6.45, 7) is 36.8. The van der Waals surface area contributed by atoms with E-state index in [0.717, 1.165) is 45.9 Å². The van der Waals surface area contributed by atoms with Crippen molar-refractivity contribution in [3.8, 4) is 0 Å². The van der Waals surface area contributed by atoms with Gasteiger partial charge in [0.15, 0.2) is 0 Å². The van der Waals surface area contributed by atoms with Gasteiger partial charge in [-0.15, -0.1) is 0 Å². The van der Waals surface area contributed by atoms with Gasteiger partial charge in [0.1, 0.15) is 0 Å². The van der Waals surface area contributed by atoms with Crippen molar-refractivity contribution in [2.75, 3.05) is 47.3 Å². The van der Waals surface area contributed by atoms with Gasteiger partial charge < -0.3 is 18.9 Å². The van der Waals surface area contributed by atoms with Gasteiger partial charge in [-0.3, -0.25) is 0 Å². The Hall–Kier alpha value is -0.160. The number of ether oxygens (including phenoxy) is 4. The van der Waals surface area contributed by atoms with Crippen LogP contribution >= 0.6 is 0 Å². The summed E-state index contributed by atoms with van der Waals surface area (Å²) in [7, 11) is 3.47. The van der Waals surface area contributed by atoms with Crippen LogP contribution in [0.1, 0.15) is 117 Å². The minimum absolute atomic E-state index is 0.310. The van der Waals surface area contributed by atoms with E-state index in [1.807, 2.05) is 6.92 Å². The number of methoxy groups -OCH3 is 2. The fourth-order valence-electron chi connectivity index (χ4n) is 1.78. The van der Waals surface area contributed by atoms with Gasteiger partial charge in [0.2, 0.25) is 0 Å². The maximum atomic E-state index is 5.41. The van der Waals surface area contributed by atoms with Crippen LogP contribution in [0.2, 0.25) is 0 Å². The molecule has 0 amide bonds. The third-order valence-corrected chi connectivity index (χ3v) is 3.68. The average molecular weight is 479 g/mol. The largest absolute Gasteiger partial charge is 0.385 e. The molecule has 0 rings (SSSR count). The van der Waals surface area contributed by atoms with E-state index < -0.39 is 0 Å². The Bertz CT molecular complexity index is 376. The van der Waals surface area contributed by atoms with Crippen LogP contribution in [0.25, 0.3) is 0 Å². The molecule has 0 aromatic heterocycles. The summed E-state index contributed by atoms with van der Waals surface area (Å²) in [6.07, 6.45) is 2.66. The Morgan fingerprint density at radius 3 is 1.09 bits per heavy atom. The highest BCUT2D eigenvalue weighted by molar-refractivity contribution is 4.60. The summed E-state index contributed by atoms with van der Waals surface area (Å²) >= 11 is 0. The van der Waals surface area contributed by atoms with Crippen LogP contribution in [0, 0.1) is 21.7 Å². The molecule has 4 heteroatoms. The fourth-order valence-corrected chi connectivity index (χ4v) is 1.78. The highest BCUT2D eigenvalue weighted by atomic mass is 16.5. The lowest BCUT2D eigenvalue weighted by molar-refractivity contribution is 0.0285. The van der Waals surface area contributed by atoms with Gasteiger partial charge in [-0.1, -0.05) is 83.1 Å². The van der Waals surface area contributed by atoms with Crippen LogP contribution < -0.4 is 0 Å². The Morgan fingerprint density at radius 2 is 0.939 bits per heavy atom. The summed E-state index contributed by atoms with van der Waals surface area (Å²) < 4.78 is 20.4. The van der Waals surface area contributed by atoms with Crippen LogP contribution in [-0.4, -0.2) is 53.4 Å². The van der Waals surface area contributed by atoms with Gasteiger partial charge in [-0.2, -0.15) is 0 Å². The van der Waals surface area contributed by atoms with Crippen LogP contribution in [-0.2, 0) is 18.9 Å². The molecule has 0 heterocycles. The molecule has 0 unspecified atom stereocenters. The van der Waals surface area contributed by atoms with Gasteiger partial charge in [0, 0.05) is 34.0 Å². The number of hydrogen-bond acceptors (Lipinski definition) is 4. The first-order valence-electron chi connectivity index (χ1n) is 12.8. The maximum Gasteiger partial charge on any atom is 0.0519 e. The van der Waals surface area contributed by atoms with Gasteiger partial charge in [-0.25, -0.2) is 0 Å². The van der Waals surface area contributed by atoms with Crippen molar-refractivity contribution in [3.63, 3.8) is 0 Å². The lowest BCUT2D eigenvalue weighted by Gasteiger charge is -2.19. The lowest BCUT2D eigenvalue weighted by atomic mass is 9.93. The molecule has 0 aliphatic rings. The Morgan fingerprint density at radius 1 is 0.545 bits per heavy atom. The smallest absolute Gasteiger partial charge is 0.0519 e. The molecule has 0 aliphatic heterocycles. The summed E-state index contributed by atoms with van der Waals surface area (Å²) in [6, 6.07) is 0. The minimum atomic E-state index is 0.310. The van der Waals surface area contributed by atoms with Crippen molar-refractivity contribution in [2.24, 2.45) is 21.7 Å². The number of hydrogen-bond donors (Lipinski definition) is 0. The highest BCUT2D eigenvalue weighted by Gasteiger charge is 2.10. The van der Waals surface area contributed by atoms with Crippen molar-refractivity contribution in [1.82, 2.24) is 0 Å². The second kappa shape index (κ2) is 21.1. The van der Waals surface area contributed by atoms with Crippen LogP contribution in [0.5, 0.6) is 0 Å². The predicted molar refractivity (Wildman–Crippen MR) is 148 cm³/mol. The molecule has 0 atom stereocenters. The van der Waals surface area contributed by atoms with Gasteiger partial charge in [-0.05, 0) is 55.3 Å². The minimum Gasteiger partial charge on any atom is -0.385 e. The van der Waals surface area contributed by atoms with E-state index in [4.69, 9.17) is 18.9 Å². The van der Waals surface area contributed by atoms with Crippen LogP contribution in [0.3, 0.4) is 0 Å². The molecule has 0 bridgehead atoms. The molecule has 0 spiro atoms. The second-order valence-corrected chi connectivity index (χ2v) is 13.7. The topological polar surface area (TPSA) is 36.9 Å². The fraction of sp³-hybridized carbons (Fsp3) is 1.00. The van der Waals surface area contributed by atoms with E-state index in [1.165, 1.54) is 0 Å². The van der Waals surface area contributed by atoms with E-state index in [-0.39, 0.29) is 0 Å². The van der Waals surface area contributed by atoms with Crippen molar-refractivity contribution in [3.05, 3.63) is 0 Å². The molecule has 0 aromatic rings. The van der Waals surface area contributed by atoms with Crippen LogP contribution in [0.4, 0.5) is 0 Å². The normalized spacial score (nSPS) is 12.2. The number of rotatable bonds is 8. The van der Waals surface area contributed by atoms with Gasteiger partial charge >= 0.3 is 0 Å². The summed E-state index contributed by atoms with van der Waals surface area (Å²) in [4.78, 5) is 0. The molecule has 4 nitrogen and oxygen atoms in total. The highest BCUT2D eigenvalue weighted by Crippen LogP contribution is 2.18. The molecule has 206 valence electrons.